The molecule has 0 bridgehead atoms. The lowest BCUT2D eigenvalue weighted by Gasteiger charge is -2.25. The van der Waals surface area contributed by atoms with Crippen LogP contribution in [0.15, 0.2) is 105 Å². The predicted octanol–water partition coefficient (Wildman–Crippen LogP) is 12.8. The summed E-state index contributed by atoms with van der Waals surface area (Å²) in [4.78, 5) is 13.9. The Kier molecular flexibility index (Phi) is 16.0. The van der Waals surface area contributed by atoms with Crippen LogP contribution >= 0.6 is 0 Å². The molecule has 6 unspecified atom stereocenters. The number of nitriles is 2. The van der Waals surface area contributed by atoms with Crippen LogP contribution in [-0.2, 0) is 19.6 Å². The maximum Gasteiger partial charge on any atom is 0.230 e. The molecule has 374 valence electrons. The van der Waals surface area contributed by atoms with E-state index in [0.717, 1.165) is 70.5 Å². The number of aromatic nitrogens is 2. The number of fused-ring (bicyclic) bond motifs is 3. The smallest absolute Gasteiger partial charge is 0.230 e. The van der Waals surface area contributed by atoms with Crippen molar-refractivity contribution >= 4 is 33.8 Å². The SMILES string of the molecule is CCCCC(CC)COC1=CCC=C(C2=c3c(c(C4=CCC(OCC(CC)CCCC)C=C4)[nH]/c3=C(/C#N)C3=NC4C=C(C(C)(C)C)C=CC4O3)C([C@H](C#N)c3nc4cc(C(C)(C)C)ccc4o3)N2)C=C1. The number of rotatable bonds is 19. The molecule has 1 aromatic carbocycles. The predicted molar refractivity (Wildman–Crippen MR) is 286 cm³/mol. The van der Waals surface area contributed by atoms with Gasteiger partial charge in [-0.25, -0.2) is 9.98 Å². The summed E-state index contributed by atoms with van der Waals surface area (Å²) in [5, 5.41) is 27.9. The van der Waals surface area contributed by atoms with Crippen LogP contribution in [0.3, 0.4) is 0 Å². The monoisotopic (exact) mass is 957 g/mol. The van der Waals surface area contributed by atoms with Gasteiger partial charge in [0.1, 0.15) is 41.0 Å². The van der Waals surface area contributed by atoms with E-state index in [1.807, 2.05) is 12.1 Å². The Morgan fingerprint density at radius 1 is 0.873 bits per heavy atom. The first-order chi connectivity index (χ1) is 34.2. The minimum Gasteiger partial charge on any atom is -0.494 e. The van der Waals surface area contributed by atoms with Gasteiger partial charge in [0.05, 0.1) is 48.2 Å². The summed E-state index contributed by atoms with van der Waals surface area (Å²) in [6.45, 7) is 23.4. The van der Waals surface area contributed by atoms with Crippen LogP contribution in [-0.4, -0.2) is 47.3 Å². The highest BCUT2D eigenvalue weighted by Crippen LogP contribution is 2.40. The number of unbranched alkanes of at least 4 members (excludes halogenated alkanes) is 2. The molecule has 8 rings (SSSR count). The van der Waals surface area contributed by atoms with Crippen molar-refractivity contribution in [1.82, 2.24) is 15.3 Å². The number of ether oxygens (including phenoxy) is 3. The normalized spacial score (nSPS) is 22.4. The van der Waals surface area contributed by atoms with Gasteiger partial charge in [-0.2, -0.15) is 10.5 Å². The number of nitrogens with zero attached hydrogens (tertiary/aromatic N) is 4. The second-order valence-electron chi connectivity index (χ2n) is 22.1. The Balaban J connectivity index is 1.28. The zero-order valence-electron chi connectivity index (χ0n) is 44.0. The van der Waals surface area contributed by atoms with Gasteiger partial charge in [0.15, 0.2) is 5.58 Å². The summed E-state index contributed by atoms with van der Waals surface area (Å²) in [6, 6.07) is 10.4. The largest absolute Gasteiger partial charge is 0.494 e. The molecule has 3 aromatic rings. The molecule has 0 saturated carbocycles. The van der Waals surface area contributed by atoms with Crippen molar-refractivity contribution in [2.24, 2.45) is 22.2 Å². The maximum absolute atomic E-state index is 11.4. The second kappa shape index (κ2) is 22.1. The number of aliphatic imine (C=N–C) groups is 1. The summed E-state index contributed by atoms with van der Waals surface area (Å²) < 4.78 is 26.2. The van der Waals surface area contributed by atoms with Crippen LogP contribution in [0.4, 0.5) is 0 Å². The molecule has 4 heterocycles. The van der Waals surface area contributed by atoms with Gasteiger partial charge in [0.2, 0.25) is 11.8 Å². The molecule has 2 aliphatic heterocycles. The summed E-state index contributed by atoms with van der Waals surface area (Å²) in [6.07, 6.45) is 31.4. The van der Waals surface area contributed by atoms with Gasteiger partial charge in [-0.05, 0) is 107 Å². The number of benzene rings is 1. The quantitative estimate of drug-likeness (QED) is 0.121. The number of nitrogens with one attached hydrogen (secondary N) is 2. The van der Waals surface area contributed by atoms with Gasteiger partial charge in [0.25, 0.3) is 0 Å². The molecule has 7 atom stereocenters. The zero-order chi connectivity index (χ0) is 50.5. The van der Waals surface area contributed by atoms with Crippen LogP contribution < -0.4 is 15.9 Å². The van der Waals surface area contributed by atoms with E-state index in [9.17, 15) is 10.5 Å². The molecule has 5 aliphatic rings. The van der Waals surface area contributed by atoms with E-state index in [-0.39, 0.29) is 35.0 Å². The number of oxazole rings is 1. The molecule has 3 aliphatic carbocycles. The van der Waals surface area contributed by atoms with Crippen molar-refractivity contribution in [2.45, 2.75) is 169 Å². The van der Waals surface area contributed by atoms with E-state index < -0.39 is 12.0 Å². The fourth-order valence-corrected chi connectivity index (χ4v) is 10.2. The van der Waals surface area contributed by atoms with E-state index in [1.54, 1.807) is 0 Å². The third-order valence-corrected chi connectivity index (χ3v) is 14.9. The first-order valence-electron chi connectivity index (χ1n) is 26.5. The Morgan fingerprint density at radius 2 is 1.63 bits per heavy atom. The van der Waals surface area contributed by atoms with Crippen LogP contribution in [0.25, 0.3) is 27.9 Å². The van der Waals surface area contributed by atoms with E-state index in [0.29, 0.717) is 59.2 Å². The molecular formula is C61H76N6O4. The fourth-order valence-electron chi connectivity index (χ4n) is 10.2. The standard InChI is InChI=1S/C61H76N6O4/c1-11-15-18-38(13-3)36-68-44-21-17-20-40(22-27-44)54-52-53(57(66-54)47(35-63)59-65-49-33-43(61(8,9)10)26-31-51(49)71-59)55(41-23-28-45(29-24-41)69-37-39(14-4)19-16-12-2)67-56(52)46(34-62)58-64-48-32-42(60(5,6)7)25-30-50(48)70-58/h20-28,30-33,38-39,45,47-48,50,57,66-67H,11-19,29,36-37H2,1-10H3/b56-46-/t38?,39?,45?,47-,48?,50?,57?/m0/s1. The molecule has 0 saturated heterocycles. The maximum atomic E-state index is 11.4. The van der Waals surface area contributed by atoms with Gasteiger partial charge in [-0.3, -0.25) is 0 Å². The highest BCUT2D eigenvalue weighted by molar-refractivity contribution is 6.19. The van der Waals surface area contributed by atoms with Gasteiger partial charge in [-0.15, -0.1) is 0 Å². The summed E-state index contributed by atoms with van der Waals surface area (Å²) >= 11 is 0. The molecule has 10 nitrogen and oxygen atoms in total. The van der Waals surface area contributed by atoms with E-state index in [1.165, 1.54) is 37.7 Å². The van der Waals surface area contributed by atoms with Crippen molar-refractivity contribution in [3.63, 3.8) is 0 Å². The average molecular weight is 957 g/mol. The van der Waals surface area contributed by atoms with Crippen LogP contribution in [0.2, 0.25) is 0 Å². The average Bonchev–Trinajstić information content (AvgIpc) is 4.12. The molecule has 0 fully saturated rings. The highest BCUT2D eigenvalue weighted by Gasteiger charge is 2.41. The Hall–Kier alpha value is -6.10. The topological polar surface area (TPSA) is 141 Å². The van der Waals surface area contributed by atoms with Crippen LogP contribution in [0.5, 0.6) is 0 Å². The van der Waals surface area contributed by atoms with Crippen molar-refractivity contribution < 1.29 is 18.6 Å². The zero-order valence-corrected chi connectivity index (χ0v) is 44.0. The minimum absolute atomic E-state index is 0.0630. The second-order valence-corrected chi connectivity index (χ2v) is 22.1. The number of H-pyrrole nitrogens is 1. The first-order valence-corrected chi connectivity index (χ1v) is 26.5. The summed E-state index contributed by atoms with van der Waals surface area (Å²) in [7, 11) is 0. The van der Waals surface area contributed by atoms with Gasteiger partial charge in [0, 0.05) is 10.8 Å². The molecule has 2 aromatic heterocycles. The molecule has 0 radical (unpaired) electrons. The van der Waals surface area contributed by atoms with E-state index >= 15 is 0 Å². The Labute approximate surface area is 422 Å². The molecule has 0 amide bonds. The number of hydrogen-bond donors (Lipinski definition) is 2. The molecule has 71 heavy (non-hydrogen) atoms. The highest BCUT2D eigenvalue weighted by atomic mass is 16.5. The van der Waals surface area contributed by atoms with Gasteiger partial charge < -0.3 is 28.9 Å². The third kappa shape index (κ3) is 11.3. The fraction of sp³-hybridized carbons (Fsp3) is 0.508. The van der Waals surface area contributed by atoms with Crippen LogP contribution in [0, 0.1) is 39.9 Å². The number of allylic oxidation sites excluding steroid dienone is 7. The molecular weight excluding hydrogens is 881 g/mol. The summed E-state index contributed by atoms with van der Waals surface area (Å²) in [5.74, 6) is 1.59. The summed E-state index contributed by atoms with van der Waals surface area (Å²) in [5.41, 5.74) is 8.04. The number of aromatic amines is 1. The lowest BCUT2D eigenvalue weighted by Crippen LogP contribution is -2.31. The van der Waals surface area contributed by atoms with Crippen molar-refractivity contribution in [3.05, 3.63) is 129 Å². The van der Waals surface area contributed by atoms with Crippen LogP contribution in [0.1, 0.15) is 168 Å². The van der Waals surface area contributed by atoms with Crippen molar-refractivity contribution in [3.8, 4) is 12.1 Å². The first kappa shape index (κ1) is 51.3. The lowest BCUT2D eigenvalue weighted by molar-refractivity contribution is 0.0542. The third-order valence-electron chi connectivity index (χ3n) is 14.9. The Bertz CT molecular complexity index is 2920. The molecule has 0 spiro atoms. The van der Waals surface area contributed by atoms with Gasteiger partial charge >= 0.3 is 0 Å². The molecule has 10 heteroatoms. The van der Waals surface area contributed by atoms with E-state index in [2.05, 4.69) is 158 Å². The lowest BCUT2D eigenvalue weighted by atomic mass is 9.82. The Morgan fingerprint density at radius 3 is 2.30 bits per heavy atom. The number of hydrogen-bond acceptors (Lipinski definition) is 9. The minimum atomic E-state index is -0.862. The van der Waals surface area contributed by atoms with Crippen molar-refractivity contribution in [2.75, 3.05) is 13.2 Å². The van der Waals surface area contributed by atoms with E-state index in [4.69, 9.17) is 28.6 Å². The van der Waals surface area contributed by atoms with Gasteiger partial charge in [-0.1, -0.05) is 150 Å². The van der Waals surface area contributed by atoms with Crippen molar-refractivity contribution in [1.29, 1.82) is 10.5 Å². The molecule has 2 N–H and O–H groups in total.